The highest BCUT2D eigenvalue weighted by molar-refractivity contribution is 5.92. The summed E-state index contributed by atoms with van der Waals surface area (Å²) in [6, 6.07) is 4.00. The summed E-state index contributed by atoms with van der Waals surface area (Å²) < 4.78 is 44.8. The molecule has 1 aromatic carbocycles. The number of anilines is 1. The SMILES string of the molecule is O=C(O)[C@@H]1CN(C(=O)Nc2ccc3nc(C4CC4)oc3c2)C[C@H]1C(F)(F)F. The van der Waals surface area contributed by atoms with Gasteiger partial charge >= 0.3 is 18.2 Å². The van der Waals surface area contributed by atoms with Crippen molar-refractivity contribution in [3.63, 3.8) is 0 Å². The number of fused-ring (bicyclic) bond motifs is 1. The Morgan fingerprint density at radius 1 is 1.26 bits per heavy atom. The molecule has 2 aliphatic rings. The molecule has 4 rings (SSSR count). The summed E-state index contributed by atoms with van der Waals surface area (Å²) in [5.74, 6) is -4.35. The fourth-order valence-corrected chi connectivity index (χ4v) is 3.28. The van der Waals surface area contributed by atoms with Gasteiger partial charge in [0.05, 0.1) is 11.8 Å². The molecule has 0 unspecified atom stereocenters. The molecule has 1 saturated carbocycles. The predicted molar refractivity (Wildman–Crippen MR) is 87.2 cm³/mol. The van der Waals surface area contributed by atoms with Gasteiger partial charge in [-0.25, -0.2) is 9.78 Å². The van der Waals surface area contributed by atoms with Gasteiger partial charge in [-0.3, -0.25) is 4.79 Å². The Kier molecular flexibility index (Phi) is 4.01. The molecule has 2 N–H and O–H groups in total. The van der Waals surface area contributed by atoms with E-state index in [-0.39, 0.29) is 0 Å². The maximum atomic E-state index is 13.0. The number of amides is 2. The number of benzene rings is 1. The molecule has 10 heteroatoms. The summed E-state index contributed by atoms with van der Waals surface area (Å²) in [6.07, 6.45) is -2.64. The molecule has 27 heavy (non-hydrogen) atoms. The van der Waals surface area contributed by atoms with Gasteiger partial charge < -0.3 is 19.7 Å². The van der Waals surface area contributed by atoms with E-state index in [9.17, 15) is 22.8 Å². The zero-order valence-electron chi connectivity index (χ0n) is 14.0. The Bertz CT molecular complexity index is 906. The molecule has 1 aliphatic heterocycles. The van der Waals surface area contributed by atoms with Crippen molar-refractivity contribution in [2.45, 2.75) is 24.9 Å². The maximum Gasteiger partial charge on any atom is 0.394 e. The first-order valence-electron chi connectivity index (χ1n) is 8.48. The molecule has 1 aliphatic carbocycles. The van der Waals surface area contributed by atoms with Crippen LogP contribution < -0.4 is 5.32 Å². The normalized spacial score (nSPS) is 23.0. The van der Waals surface area contributed by atoms with Crippen molar-refractivity contribution in [2.24, 2.45) is 11.8 Å². The van der Waals surface area contributed by atoms with Crippen molar-refractivity contribution < 1.29 is 32.3 Å². The number of carboxylic acids is 1. The number of carbonyl (C=O) groups excluding carboxylic acids is 1. The topological polar surface area (TPSA) is 95.7 Å². The number of oxazole rings is 1. The van der Waals surface area contributed by atoms with Crippen molar-refractivity contribution in [3.05, 3.63) is 24.1 Å². The predicted octanol–water partition coefficient (Wildman–Crippen LogP) is 3.43. The first-order valence-corrected chi connectivity index (χ1v) is 8.48. The fraction of sp³-hybridized carbons (Fsp3) is 0.471. The van der Waals surface area contributed by atoms with Crippen LogP contribution >= 0.6 is 0 Å². The van der Waals surface area contributed by atoms with Gasteiger partial charge in [-0.05, 0) is 25.0 Å². The molecule has 2 fully saturated rings. The largest absolute Gasteiger partial charge is 0.481 e. The number of nitrogens with zero attached hydrogens (tertiary/aromatic N) is 2. The van der Waals surface area contributed by atoms with Crippen molar-refractivity contribution >= 4 is 28.8 Å². The smallest absolute Gasteiger partial charge is 0.394 e. The third-order valence-electron chi connectivity index (χ3n) is 4.93. The molecule has 2 heterocycles. The summed E-state index contributed by atoms with van der Waals surface area (Å²) in [5.41, 5.74) is 1.46. The van der Waals surface area contributed by atoms with Gasteiger partial charge in [0.25, 0.3) is 0 Å². The number of nitrogens with one attached hydrogen (secondary N) is 1. The van der Waals surface area contributed by atoms with E-state index in [1.54, 1.807) is 18.2 Å². The highest BCUT2D eigenvalue weighted by Crippen LogP contribution is 2.41. The van der Waals surface area contributed by atoms with E-state index in [1.165, 1.54) is 0 Å². The summed E-state index contributed by atoms with van der Waals surface area (Å²) in [5, 5.41) is 11.5. The molecule has 0 radical (unpaired) electrons. The average molecular weight is 383 g/mol. The second kappa shape index (κ2) is 6.14. The minimum absolute atomic E-state index is 0.326. The molecular weight excluding hydrogens is 367 g/mol. The molecule has 1 aromatic heterocycles. The van der Waals surface area contributed by atoms with Crippen LogP contribution in [0.25, 0.3) is 11.1 Å². The third kappa shape index (κ3) is 3.43. The first-order chi connectivity index (χ1) is 12.7. The zero-order chi connectivity index (χ0) is 19.3. The molecule has 2 atom stereocenters. The number of aromatic nitrogens is 1. The number of halogens is 3. The highest BCUT2D eigenvalue weighted by Gasteiger charge is 2.53. The van der Waals surface area contributed by atoms with Gasteiger partial charge in [0.1, 0.15) is 5.52 Å². The molecule has 0 bridgehead atoms. The number of carboxylic acid groups (broad SMARTS) is 1. The lowest BCUT2D eigenvalue weighted by molar-refractivity contribution is -0.187. The number of hydrogen-bond donors (Lipinski definition) is 2. The molecule has 1 saturated heterocycles. The Morgan fingerprint density at radius 3 is 2.59 bits per heavy atom. The van der Waals surface area contributed by atoms with E-state index in [0.29, 0.717) is 28.6 Å². The lowest BCUT2D eigenvalue weighted by Gasteiger charge is -2.18. The Labute approximate surface area is 151 Å². The Hall–Kier alpha value is -2.78. The van der Waals surface area contributed by atoms with Gasteiger partial charge in [0.2, 0.25) is 0 Å². The summed E-state index contributed by atoms with van der Waals surface area (Å²) >= 11 is 0. The van der Waals surface area contributed by atoms with Gasteiger partial charge in [0, 0.05) is 30.8 Å². The van der Waals surface area contributed by atoms with Crippen LogP contribution in [-0.2, 0) is 4.79 Å². The summed E-state index contributed by atoms with van der Waals surface area (Å²) in [4.78, 5) is 28.7. The number of carbonyl (C=O) groups is 2. The van der Waals surface area contributed by atoms with Gasteiger partial charge in [-0.1, -0.05) is 0 Å². The zero-order valence-corrected chi connectivity index (χ0v) is 14.0. The number of urea groups is 1. The monoisotopic (exact) mass is 383 g/mol. The minimum atomic E-state index is -4.68. The Morgan fingerprint density at radius 2 is 2.00 bits per heavy atom. The van der Waals surface area contributed by atoms with E-state index >= 15 is 0 Å². The van der Waals surface area contributed by atoms with E-state index < -0.39 is 43.1 Å². The van der Waals surface area contributed by atoms with E-state index in [2.05, 4.69) is 10.3 Å². The van der Waals surface area contributed by atoms with E-state index in [1.807, 2.05) is 0 Å². The highest BCUT2D eigenvalue weighted by atomic mass is 19.4. The number of alkyl halides is 3. The van der Waals surface area contributed by atoms with Crippen LogP contribution in [0.2, 0.25) is 0 Å². The first kappa shape index (κ1) is 17.6. The maximum absolute atomic E-state index is 13.0. The number of aliphatic carboxylic acids is 1. The summed E-state index contributed by atoms with van der Waals surface area (Å²) in [6.45, 7) is -1.19. The van der Waals surface area contributed by atoms with Crippen molar-refractivity contribution in [2.75, 3.05) is 18.4 Å². The van der Waals surface area contributed by atoms with Crippen LogP contribution in [0.1, 0.15) is 24.7 Å². The van der Waals surface area contributed by atoms with Crippen LogP contribution in [0.15, 0.2) is 22.6 Å². The van der Waals surface area contributed by atoms with Gasteiger partial charge in [-0.15, -0.1) is 0 Å². The van der Waals surface area contributed by atoms with Crippen molar-refractivity contribution in [1.82, 2.24) is 9.88 Å². The lowest BCUT2D eigenvalue weighted by atomic mass is 9.96. The van der Waals surface area contributed by atoms with Gasteiger partial charge in [0.15, 0.2) is 11.5 Å². The molecule has 2 amide bonds. The average Bonchev–Trinajstić information content (AvgIpc) is 3.18. The van der Waals surface area contributed by atoms with Crippen LogP contribution in [0, 0.1) is 11.8 Å². The van der Waals surface area contributed by atoms with Crippen LogP contribution in [0.5, 0.6) is 0 Å². The molecular formula is C17H16F3N3O4. The van der Waals surface area contributed by atoms with E-state index in [4.69, 9.17) is 9.52 Å². The minimum Gasteiger partial charge on any atom is -0.481 e. The lowest BCUT2D eigenvalue weighted by Crippen LogP contribution is -2.35. The molecule has 2 aromatic rings. The van der Waals surface area contributed by atoms with Crippen molar-refractivity contribution in [1.29, 1.82) is 0 Å². The summed E-state index contributed by atoms with van der Waals surface area (Å²) in [7, 11) is 0. The van der Waals surface area contributed by atoms with Gasteiger partial charge in [-0.2, -0.15) is 13.2 Å². The third-order valence-corrected chi connectivity index (χ3v) is 4.93. The fourth-order valence-electron chi connectivity index (χ4n) is 3.28. The Balaban J connectivity index is 1.48. The second-order valence-corrected chi connectivity index (χ2v) is 6.94. The second-order valence-electron chi connectivity index (χ2n) is 6.94. The van der Waals surface area contributed by atoms with Crippen LogP contribution in [0.3, 0.4) is 0 Å². The number of rotatable bonds is 3. The molecule has 7 nitrogen and oxygen atoms in total. The quantitative estimate of drug-likeness (QED) is 0.847. The standard InChI is InChI=1S/C17H16F3N3O4/c18-17(19,20)11-7-23(6-10(11)15(24)25)16(26)21-9-3-4-12-13(5-9)27-14(22-12)8-1-2-8/h3-5,8,10-11H,1-2,6-7H2,(H,21,26)(H,24,25)/t10-,11-/m1/s1. The number of likely N-dealkylation sites (tertiary alicyclic amines) is 1. The van der Waals surface area contributed by atoms with Crippen LogP contribution in [0.4, 0.5) is 23.7 Å². The molecule has 0 spiro atoms. The van der Waals surface area contributed by atoms with E-state index in [0.717, 1.165) is 17.7 Å². The number of hydrogen-bond acceptors (Lipinski definition) is 4. The van der Waals surface area contributed by atoms with Crippen LogP contribution in [-0.4, -0.2) is 46.3 Å². The molecule has 144 valence electrons. The van der Waals surface area contributed by atoms with Crippen molar-refractivity contribution in [3.8, 4) is 0 Å².